The molecule has 0 aliphatic rings. The van der Waals surface area contributed by atoms with Crippen LogP contribution < -0.4 is 5.43 Å². The highest BCUT2D eigenvalue weighted by atomic mass is 32.2. The van der Waals surface area contributed by atoms with E-state index in [0.29, 0.717) is 5.56 Å². The molecule has 1 N–H and O–H groups in total. The van der Waals surface area contributed by atoms with E-state index in [0.717, 1.165) is 14.4 Å². The molecule has 144 valence electrons. The average Bonchev–Trinajstić information content (AvgIpc) is 3.15. The first-order chi connectivity index (χ1) is 13.6. The summed E-state index contributed by atoms with van der Waals surface area (Å²) in [5, 5.41) is 12.1. The SMILES string of the molecule is Cc1ccc(CSc2nnc(SCC(=O)N/N=C/c3ccc(F)cc3)s2)cc1. The van der Waals surface area contributed by atoms with Crippen molar-refractivity contribution in [1.82, 2.24) is 15.6 Å². The quantitative estimate of drug-likeness (QED) is 0.322. The number of hydrogen-bond acceptors (Lipinski definition) is 7. The molecule has 0 fully saturated rings. The molecule has 0 bridgehead atoms. The van der Waals surface area contributed by atoms with Gasteiger partial charge in [0.15, 0.2) is 8.68 Å². The zero-order valence-electron chi connectivity index (χ0n) is 15.0. The van der Waals surface area contributed by atoms with Crippen molar-refractivity contribution in [2.45, 2.75) is 21.4 Å². The Labute approximate surface area is 174 Å². The van der Waals surface area contributed by atoms with Crippen LogP contribution in [0.3, 0.4) is 0 Å². The van der Waals surface area contributed by atoms with Gasteiger partial charge in [0, 0.05) is 5.75 Å². The second kappa shape index (κ2) is 10.4. The first kappa shape index (κ1) is 20.5. The predicted octanol–water partition coefficient (Wildman–Crippen LogP) is 4.52. The van der Waals surface area contributed by atoms with Crippen molar-refractivity contribution >= 4 is 47.0 Å². The van der Waals surface area contributed by atoms with E-state index in [4.69, 9.17) is 0 Å². The lowest BCUT2D eigenvalue weighted by Gasteiger charge is -1.99. The molecule has 0 saturated heterocycles. The Balaban J connectivity index is 1.40. The van der Waals surface area contributed by atoms with Crippen LogP contribution in [-0.4, -0.2) is 28.1 Å². The van der Waals surface area contributed by atoms with E-state index in [-0.39, 0.29) is 17.5 Å². The minimum absolute atomic E-state index is 0.192. The highest BCUT2D eigenvalue weighted by molar-refractivity contribution is 8.03. The molecule has 0 saturated carbocycles. The minimum Gasteiger partial charge on any atom is -0.272 e. The average molecular weight is 433 g/mol. The molecule has 0 aliphatic heterocycles. The number of thioether (sulfide) groups is 2. The molecule has 3 rings (SSSR count). The summed E-state index contributed by atoms with van der Waals surface area (Å²) in [5.74, 6) is 0.467. The van der Waals surface area contributed by atoms with Crippen molar-refractivity contribution in [3.05, 3.63) is 71.0 Å². The largest absolute Gasteiger partial charge is 0.272 e. The zero-order valence-corrected chi connectivity index (χ0v) is 17.4. The Morgan fingerprint density at radius 3 is 2.50 bits per heavy atom. The molecule has 28 heavy (non-hydrogen) atoms. The molecule has 9 heteroatoms. The number of carbonyl (C=O) groups excluding carboxylic acids is 1. The van der Waals surface area contributed by atoms with Gasteiger partial charge in [-0.15, -0.1) is 10.2 Å². The van der Waals surface area contributed by atoms with Gasteiger partial charge >= 0.3 is 0 Å². The van der Waals surface area contributed by atoms with E-state index in [9.17, 15) is 9.18 Å². The molecule has 0 aliphatic carbocycles. The third-order valence-electron chi connectivity index (χ3n) is 3.47. The normalized spacial score (nSPS) is 11.1. The van der Waals surface area contributed by atoms with Gasteiger partial charge in [-0.05, 0) is 30.2 Å². The van der Waals surface area contributed by atoms with E-state index in [2.05, 4.69) is 51.9 Å². The number of aromatic nitrogens is 2. The Kier molecular flexibility index (Phi) is 7.58. The summed E-state index contributed by atoms with van der Waals surface area (Å²) in [5.41, 5.74) is 5.62. The van der Waals surface area contributed by atoms with E-state index in [1.807, 2.05) is 0 Å². The number of amides is 1. The topological polar surface area (TPSA) is 67.2 Å². The Bertz CT molecular complexity index is 943. The maximum atomic E-state index is 12.8. The van der Waals surface area contributed by atoms with Crippen molar-refractivity contribution in [1.29, 1.82) is 0 Å². The monoisotopic (exact) mass is 432 g/mol. The number of benzene rings is 2. The molecule has 0 unspecified atom stereocenters. The fourth-order valence-corrected chi connectivity index (χ4v) is 4.80. The molecule has 3 aromatic rings. The molecule has 1 aromatic heterocycles. The van der Waals surface area contributed by atoms with E-state index < -0.39 is 0 Å². The van der Waals surface area contributed by atoms with Crippen molar-refractivity contribution < 1.29 is 9.18 Å². The minimum atomic E-state index is -0.314. The first-order valence-electron chi connectivity index (χ1n) is 8.30. The van der Waals surface area contributed by atoms with Crippen LogP contribution in [0.5, 0.6) is 0 Å². The number of carbonyl (C=O) groups is 1. The lowest BCUT2D eigenvalue weighted by molar-refractivity contribution is -0.118. The van der Waals surface area contributed by atoms with Gasteiger partial charge in [0.25, 0.3) is 5.91 Å². The van der Waals surface area contributed by atoms with Crippen LogP contribution in [0.1, 0.15) is 16.7 Å². The van der Waals surface area contributed by atoms with Gasteiger partial charge in [0.1, 0.15) is 5.82 Å². The zero-order chi connectivity index (χ0) is 19.8. The summed E-state index contributed by atoms with van der Waals surface area (Å²) in [4.78, 5) is 11.9. The number of rotatable bonds is 8. The first-order valence-corrected chi connectivity index (χ1v) is 11.1. The summed E-state index contributed by atoms with van der Waals surface area (Å²) in [6, 6.07) is 14.2. The number of nitrogens with one attached hydrogen (secondary N) is 1. The predicted molar refractivity (Wildman–Crippen MR) is 114 cm³/mol. The van der Waals surface area contributed by atoms with Crippen LogP contribution in [-0.2, 0) is 10.5 Å². The molecule has 0 radical (unpaired) electrons. The van der Waals surface area contributed by atoms with Gasteiger partial charge in [0.05, 0.1) is 12.0 Å². The second-order valence-corrected chi connectivity index (χ2v) is 9.16. The molecule has 2 aromatic carbocycles. The molecule has 1 amide bonds. The van der Waals surface area contributed by atoms with Gasteiger partial charge in [0.2, 0.25) is 0 Å². The number of nitrogens with zero attached hydrogens (tertiary/aromatic N) is 3. The summed E-state index contributed by atoms with van der Waals surface area (Å²) in [7, 11) is 0. The lowest BCUT2D eigenvalue weighted by atomic mass is 10.2. The number of halogens is 1. The van der Waals surface area contributed by atoms with Crippen molar-refractivity contribution in [2.24, 2.45) is 5.10 Å². The Morgan fingerprint density at radius 2 is 1.79 bits per heavy atom. The van der Waals surface area contributed by atoms with Crippen molar-refractivity contribution in [3.8, 4) is 0 Å². The molecular formula is C19H17FN4OS3. The van der Waals surface area contributed by atoms with Crippen LogP contribution in [0.25, 0.3) is 0 Å². The van der Waals surface area contributed by atoms with Gasteiger partial charge in [-0.3, -0.25) is 4.79 Å². The summed E-state index contributed by atoms with van der Waals surface area (Å²) in [6.07, 6.45) is 1.47. The standard InChI is InChI=1S/C19H17FN4OS3/c1-13-2-4-15(5-3-13)11-26-18-23-24-19(28-18)27-12-17(25)22-21-10-14-6-8-16(20)9-7-14/h2-10H,11-12H2,1H3,(H,22,25)/b21-10+. The fourth-order valence-electron chi connectivity index (χ4n) is 2.03. The third kappa shape index (κ3) is 6.74. The van der Waals surface area contributed by atoms with E-state index >= 15 is 0 Å². The van der Waals surface area contributed by atoms with Crippen LogP contribution in [0.2, 0.25) is 0 Å². The van der Waals surface area contributed by atoms with Crippen molar-refractivity contribution in [3.63, 3.8) is 0 Å². The van der Waals surface area contributed by atoms with Crippen LogP contribution in [0.4, 0.5) is 4.39 Å². The molecule has 0 spiro atoms. The highest BCUT2D eigenvalue weighted by Gasteiger charge is 2.08. The van der Waals surface area contributed by atoms with Crippen LogP contribution in [0.15, 0.2) is 62.3 Å². The maximum Gasteiger partial charge on any atom is 0.250 e. The Hall–Kier alpha value is -2.23. The molecule has 0 atom stereocenters. The van der Waals surface area contributed by atoms with Gasteiger partial charge in [-0.1, -0.05) is 76.8 Å². The van der Waals surface area contributed by atoms with Gasteiger partial charge < -0.3 is 0 Å². The number of hydrogen-bond donors (Lipinski definition) is 1. The second-order valence-electron chi connectivity index (χ2n) is 5.74. The van der Waals surface area contributed by atoms with E-state index in [1.54, 1.807) is 23.9 Å². The van der Waals surface area contributed by atoms with Gasteiger partial charge in [-0.25, -0.2) is 9.82 Å². The highest BCUT2D eigenvalue weighted by Crippen LogP contribution is 2.30. The third-order valence-corrected chi connectivity index (χ3v) is 6.73. The summed E-state index contributed by atoms with van der Waals surface area (Å²) in [6.45, 7) is 2.06. The van der Waals surface area contributed by atoms with Crippen LogP contribution in [0, 0.1) is 12.7 Å². The van der Waals surface area contributed by atoms with Crippen LogP contribution >= 0.6 is 34.9 Å². The Morgan fingerprint density at radius 1 is 1.11 bits per heavy atom. The lowest BCUT2D eigenvalue weighted by Crippen LogP contribution is -2.19. The number of aryl methyl sites for hydroxylation is 1. The maximum absolute atomic E-state index is 12.8. The smallest absolute Gasteiger partial charge is 0.250 e. The van der Waals surface area contributed by atoms with Crippen molar-refractivity contribution in [2.75, 3.05) is 5.75 Å². The number of hydrazone groups is 1. The van der Waals surface area contributed by atoms with Gasteiger partial charge in [-0.2, -0.15) is 5.10 Å². The summed E-state index contributed by atoms with van der Waals surface area (Å²) >= 11 is 4.41. The van der Waals surface area contributed by atoms with E-state index in [1.165, 1.54) is 52.6 Å². The fraction of sp³-hybridized carbons (Fsp3) is 0.158. The molecule has 1 heterocycles. The molecular weight excluding hydrogens is 415 g/mol. The molecule has 5 nitrogen and oxygen atoms in total. The summed E-state index contributed by atoms with van der Waals surface area (Å²) < 4.78 is 14.4.